The predicted molar refractivity (Wildman–Crippen MR) is 121 cm³/mol. The van der Waals surface area contributed by atoms with Gasteiger partial charge in [-0.05, 0) is 69.5 Å². The highest BCUT2D eigenvalue weighted by Crippen LogP contribution is 2.18. The van der Waals surface area contributed by atoms with Gasteiger partial charge in [-0.1, -0.05) is 18.9 Å². The molecule has 1 heterocycles. The van der Waals surface area contributed by atoms with Crippen molar-refractivity contribution >= 4 is 12.1 Å². The molecule has 2 rings (SSSR count). The van der Waals surface area contributed by atoms with Crippen LogP contribution in [0.4, 0.5) is 4.79 Å². The van der Waals surface area contributed by atoms with Crippen LogP contribution in [0, 0.1) is 0 Å². The van der Waals surface area contributed by atoms with E-state index in [0.29, 0.717) is 24.4 Å². The van der Waals surface area contributed by atoms with Gasteiger partial charge in [0.15, 0.2) is 0 Å². The van der Waals surface area contributed by atoms with Crippen molar-refractivity contribution in [1.29, 1.82) is 0 Å². The topological polar surface area (TPSA) is 77.1 Å². The Labute approximate surface area is 185 Å². The molecule has 7 heteroatoms. The van der Waals surface area contributed by atoms with E-state index in [0.717, 1.165) is 45.4 Å². The van der Waals surface area contributed by atoms with Gasteiger partial charge in [-0.15, -0.1) is 6.58 Å². The van der Waals surface area contributed by atoms with Crippen molar-refractivity contribution in [2.24, 2.45) is 0 Å². The number of ether oxygens (including phenoxy) is 3. The summed E-state index contributed by atoms with van der Waals surface area (Å²) in [5.74, 6) is -0.0110. The Kier molecular flexibility index (Phi) is 11.7. The first-order chi connectivity index (χ1) is 15.1. The number of hydrogen-bond acceptors (Lipinski definition) is 6. The summed E-state index contributed by atoms with van der Waals surface area (Å²) in [4.78, 5) is 25.5. The summed E-state index contributed by atoms with van der Waals surface area (Å²) in [5, 5.41) is 3.40. The number of rotatable bonds is 13. The summed E-state index contributed by atoms with van der Waals surface area (Å²) >= 11 is 0. The number of carbonyl (C=O) groups is 2. The number of nitrogens with zero attached hydrogens (tertiary/aromatic N) is 1. The monoisotopic (exact) mass is 432 g/mol. The third-order valence-electron chi connectivity index (χ3n) is 5.31. The molecule has 1 aromatic rings. The quantitative estimate of drug-likeness (QED) is 0.286. The summed E-state index contributed by atoms with van der Waals surface area (Å²) in [5.41, 5.74) is 0.417. The van der Waals surface area contributed by atoms with E-state index in [1.807, 2.05) is 6.08 Å². The number of piperidine rings is 1. The van der Waals surface area contributed by atoms with Gasteiger partial charge in [0.05, 0.1) is 18.8 Å². The molecule has 1 aliphatic rings. The molecule has 1 N–H and O–H groups in total. The van der Waals surface area contributed by atoms with Gasteiger partial charge in [0.2, 0.25) is 0 Å². The number of methoxy groups -OCH3 is 1. The highest BCUT2D eigenvalue weighted by atomic mass is 16.6. The Hall–Kier alpha value is -2.38. The second-order valence-electron chi connectivity index (χ2n) is 7.68. The lowest BCUT2D eigenvalue weighted by Crippen LogP contribution is -2.42. The normalized spacial score (nSPS) is 14.3. The van der Waals surface area contributed by atoms with Crippen molar-refractivity contribution in [2.45, 2.75) is 51.0 Å². The number of unbranched alkanes of at least 4 members (excludes halogenated alkanes) is 3. The van der Waals surface area contributed by atoms with Crippen LogP contribution in [0.5, 0.6) is 5.75 Å². The predicted octanol–water partition coefficient (Wildman–Crippen LogP) is 4.18. The van der Waals surface area contributed by atoms with E-state index in [1.54, 1.807) is 29.2 Å². The summed E-state index contributed by atoms with van der Waals surface area (Å²) in [7, 11) is 1.33. The average Bonchev–Trinajstić information content (AvgIpc) is 2.80. The molecule has 0 saturated carbocycles. The first-order valence-corrected chi connectivity index (χ1v) is 11.2. The Balaban J connectivity index is 1.54. The lowest BCUT2D eigenvalue weighted by Gasteiger charge is -2.31. The van der Waals surface area contributed by atoms with Crippen LogP contribution in [0.25, 0.3) is 0 Å². The van der Waals surface area contributed by atoms with Crippen LogP contribution in [0.1, 0.15) is 55.3 Å². The summed E-state index contributed by atoms with van der Waals surface area (Å²) < 4.78 is 16.1. The van der Waals surface area contributed by atoms with E-state index < -0.39 is 5.97 Å². The van der Waals surface area contributed by atoms with E-state index in [2.05, 4.69) is 16.6 Å². The van der Waals surface area contributed by atoms with Crippen LogP contribution in [0.3, 0.4) is 0 Å². The van der Waals surface area contributed by atoms with Crippen LogP contribution >= 0.6 is 0 Å². The lowest BCUT2D eigenvalue weighted by molar-refractivity contribution is 0.00932. The van der Waals surface area contributed by atoms with Crippen LogP contribution in [-0.4, -0.2) is 63.0 Å². The number of hydrogen-bond donors (Lipinski definition) is 1. The highest BCUT2D eigenvalue weighted by molar-refractivity contribution is 5.89. The van der Waals surface area contributed by atoms with Gasteiger partial charge in [0, 0.05) is 19.7 Å². The molecule has 0 radical (unpaired) electrons. The molecule has 0 bridgehead atoms. The van der Waals surface area contributed by atoms with Crippen LogP contribution < -0.4 is 10.1 Å². The molecular weight excluding hydrogens is 396 g/mol. The molecule has 7 nitrogen and oxygen atoms in total. The van der Waals surface area contributed by atoms with Gasteiger partial charge in [-0.25, -0.2) is 9.59 Å². The molecule has 31 heavy (non-hydrogen) atoms. The molecule has 0 aliphatic carbocycles. The maximum atomic E-state index is 12.4. The van der Waals surface area contributed by atoms with Gasteiger partial charge < -0.3 is 24.4 Å². The van der Waals surface area contributed by atoms with Gasteiger partial charge in [-0.2, -0.15) is 0 Å². The highest BCUT2D eigenvalue weighted by Gasteiger charge is 2.24. The number of amides is 1. The van der Waals surface area contributed by atoms with E-state index in [-0.39, 0.29) is 12.2 Å². The number of esters is 1. The van der Waals surface area contributed by atoms with Gasteiger partial charge in [0.1, 0.15) is 5.75 Å². The Bertz CT molecular complexity index is 669. The minimum absolute atomic E-state index is 0.212. The zero-order valence-corrected chi connectivity index (χ0v) is 18.6. The Morgan fingerprint density at radius 3 is 2.48 bits per heavy atom. The molecule has 1 saturated heterocycles. The first-order valence-electron chi connectivity index (χ1n) is 11.2. The van der Waals surface area contributed by atoms with Crippen LogP contribution in [-0.2, 0) is 9.47 Å². The fourth-order valence-electron chi connectivity index (χ4n) is 3.43. The Morgan fingerprint density at radius 2 is 1.81 bits per heavy atom. The molecule has 0 unspecified atom stereocenters. The maximum absolute atomic E-state index is 12.4. The van der Waals surface area contributed by atoms with Crippen molar-refractivity contribution in [3.05, 3.63) is 42.5 Å². The molecule has 0 atom stereocenters. The molecule has 0 aromatic heterocycles. The number of nitrogens with one attached hydrogen (secondary N) is 1. The molecule has 1 fully saturated rings. The van der Waals surface area contributed by atoms with Crippen LogP contribution in [0.2, 0.25) is 0 Å². The van der Waals surface area contributed by atoms with Crippen molar-refractivity contribution < 1.29 is 23.8 Å². The number of carbonyl (C=O) groups excluding carboxylic acids is 2. The Morgan fingerprint density at radius 1 is 1.10 bits per heavy atom. The third kappa shape index (κ3) is 9.53. The van der Waals surface area contributed by atoms with Crippen molar-refractivity contribution in [1.82, 2.24) is 10.2 Å². The molecule has 172 valence electrons. The van der Waals surface area contributed by atoms with E-state index in [4.69, 9.17) is 9.47 Å². The maximum Gasteiger partial charge on any atom is 0.415 e. The first kappa shape index (κ1) is 24.9. The minimum atomic E-state index is -0.420. The zero-order chi connectivity index (χ0) is 22.3. The largest absolute Gasteiger partial charge is 0.465 e. The van der Waals surface area contributed by atoms with Gasteiger partial charge >= 0.3 is 12.1 Å². The number of benzene rings is 1. The SMILES string of the molecule is C=CCCNCCCCCCOC1CCN(C(=O)Oc2ccc(C(=O)OC)cc2)CC1. The minimum Gasteiger partial charge on any atom is -0.465 e. The van der Waals surface area contributed by atoms with E-state index >= 15 is 0 Å². The van der Waals surface area contributed by atoms with Crippen molar-refractivity contribution in [2.75, 3.05) is 39.9 Å². The summed E-state index contributed by atoms with van der Waals surface area (Å²) in [6.07, 6.45) is 9.12. The van der Waals surface area contributed by atoms with Crippen molar-refractivity contribution in [3.8, 4) is 5.75 Å². The fourth-order valence-corrected chi connectivity index (χ4v) is 3.43. The van der Waals surface area contributed by atoms with Crippen molar-refractivity contribution in [3.63, 3.8) is 0 Å². The molecule has 1 aliphatic heterocycles. The summed E-state index contributed by atoms with van der Waals surface area (Å²) in [6.45, 7) is 7.83. The fraction of sp³-hybridized carbons (Fsp3) is 0.583. The third-order valence-corrected chi connectivity index (χ3v) is 5.31. The second-order valence-corrected chi connectivity index (χ2v) is 7.68. The van der Waals surface area contributed by atoms with E-state index in [9.17, 15) is 9.59 Å². The lowest BCUT2D eigenvalue weighted by atomic mass is 10.1. The van der Waals surface area contributed by atoms with Gasteiger partial charge in [-0.3, -0.25) is 0 Å². The molecular formula is C24H36N2O5. The average molecular weight is 433 g/mol. The number of likely N-dealkylation sites (tertiary alicyclic amines) is 1. The second kappa shape index (κ2) is 14.6. The molecule has 1 amide bonds. The van der Waals surface area contributed by atoms with E-state index in [1.165, 1.54) is 26.4 Å². The molecule has 1 aromatic carbocycles. The standard InChI is InChI=1S/C24H36N2O5/c1-3-4-15-25-16-7-5-6-8-19-30-21-13-17-26(18-14-21)24(28)31-22-11-9-20(10-12-22)23(27)29-2/h3,9-12,21,25H,1,4-8,13-19H2,2H3. The smallest absolute Gasteiger partial charge is 0.415 e. The van der Waals surface area contributed by atoms with Gasteiger partial charge in [0.25, 0.3) is 0 Å². The zero-order valence-electron chi connectivity index (χ0n) is 18.6. The summed E-state index contributed by atoms with van der Waals surface area (Å²) in [6, 6.07) is 6.34. The molecule has 0 spiro atoms. The van der Waals surface area contributed by atoms with Crippen LogP contribution in [0.15, 0.2) is 36.9 Å².